The van der Waals surface area contributed by atoms with Crippen LogP contribution < -0.4 is 15.0 Å². The standard InChI is InChI=1S/C34H46ClN3O10/c1-18-11-10-12-26(45-9)34(43)17-25(46-32(42)36-34)19(2)30-33(5,48-30)27(47-31(41)20(3)37(6)21(4)39)16-28(40)38(7)23-14-22(13-18)15-24(44-8)29(23)35/h10-12,14-15,19-20,25-27,30,43H,13,16-17H2,1-9H3,(H,36,42)/b12-10+,18-11+/t19-,20-,25+,26-,27+,30+,33+,34+/m1/s1. The fourth-order valence-electron chi connectivity index (χ4n) is 6.27. The lowest BCUT2D eigenvalue weighted by Gasteiger charge is -2.42. The summed E-state index contributed by atoms with van der Waals surface area (Å²) < 4.78 is 28.9. The van der Waals surface area contributed by atoms with E-state index in [1.54, 1.807) is 45.2 Å². The van der Waals surface area contributed by atoms with Gasteiger partial charge in [-0.1, -0.05) is 42.3 Å². The summed E-state index contributed by atoms with van der Waals surface area (Å²) >= 11 is 6.71. The molecule has 8 atom stereocenters. The molecule has 3 aliphatic heterocycles. The normalized spacial score (nSPS) is 33.2. The maximum atomic E-state index is 14.0. The lowest BCUT2D eigenvalue weighted by Crippen LogP contribution is -2.63. The van der Waals surface area contributed by atoms with E-state index in [2.05, 4.69) is 5.32 Å². The van der Waals surface area contributed by atoms with Gasteiger partial charge >= 0.3 is 12.1 Å². The van der Waals surface area contributed by atoms with Crippen molar-refractivity contribution in [2.24, 2.45) is 5.92 Å². The summed E-state index contributed by atoms with van der Waals surface area (Å²) in [5, 5.41) is 14.4. The highest BCUT2D eigenvalue weighted by Gasteiger charge is 2.64. The molecule has 1 aromatic rings. The number of methoxy groups -OCH3 is 2. The monoisotopic (exact) mass is 691 g/mol. The highest BCUT2D eigenvalue weighted by atomic mass is 35.5. The van der Waals surface area contributed by atoms with Crippen LogP contribution in [0, 0.1) is 5.92 Å². The van der Waals surface area contributed by atoms with E-state index in [0.29, 0.717) is 17.9 Å². The van der Waals surface area contributed by atoms with Gasteiger partial charge in [-0.3, -0.25) is 14.9 Å². The van der Waals surface area contributed by atoms with Crippen molar-refractivity contribution in [3.63, 3.8) is 0 Å². The third-order valence-corrected chi connectivity index (χ3v) is 10.0. The molecule has 0 saturated carbocycles. The molecule has 2 N–H and O–H groups in total. The number of aliphatic hydroxyl groups is 1. The third-order valence-electron chi connectivity index (χ3n) is 9.63. The van der Waals surface area contributed by atoms with Crippen molar-refractivity contribution in [2.45, 2.75) is 95.7 Å². The van der Waals surface area contributed by atoms with E-state index in [4.69, 9.17) is 35.3 Å². The SMILES string of the molecule is COc1cc2cc(c1Cl)N(C)C(=O)C[C@H](OC(=O)[C@@H](C)N(C)C(C)=O)[C@]1(C)O[C@H]1[C@H](C)[C@@H]1C[C@@](O)(NC(=O)O1)[C@H](OC)/C=C/C=C(\C)C2. The number of esters is 1. The summed E-state index contributed by atoms with van der Waals surface area (Å²) in [5.74, 6) is -1.63. The van der Waals surface area contributed by atoms with Crippen LogP contribution in [0.4, 0.5) is 10.5 Å². The summed E-state index contributed by atoms with van der Waals surface area (Å²) in [6.07, 6.45) is 1.02. The average molecular weight is 692 g/mol. The number of carbonyl (C=O) groups excluding carboxylic acids is 4. The zero-order chi connectivity index (χ0) is 35.7. The molecule has 2 fully saturated rings. The first kappa shape index (κ1) is 37.2. The minimum Gasteiger partial charge on any atom is -0.495 e. The van der Waals surface area contributed by atoms with E-state index in [1.807, 2.05) is 13.0 Å². The quantitative estimate of drug-likeness (QED) is 0.346. The van der Waals surface area contributed by atoms with E-state index >= 15 is 0 Å². The van der Waals surface area contributed by atoms with E-state index in [1.165, 1.54) is 44.9 Å². The Morgan fingerprint density at radius 1 is 1.25 bits per heavy atom. The Kier molecular flexibility index (Phi) is 11.2. The molecule has 48 heavy (non-hydrogen) atoms. The number of carbonyl (C=O) groups is 4. The number of alkyl carbamates (subject to hydrolysis) is 1. The van der Waals surface area contributed by atoms with Crippen molar-refractivity contribution in [1.82, 2.24) is 10.2 Å². The molecule has 14 heteroatoms. The molecule has 1 aromatic carbocycles. The molecule has 0 aliphatic carbocycles. The van der Waals surface area contributed by atoms with Crippen molar-refractivity contribution < 1.29 is 48.0 Å². The number of hydrogen-bond acceptors (Lipinski definition) is 10. The van der Waals surface area contributed by atoms with Gasteiger partial charge in [-0.05, 0) is 44.9 Å². The molecule has 4 rings (SSSR count). The lowest BCUT2D eigenvalue weighted by atomic mass is 9.83. The smallest absolute Gasteiger partial charge is 0.409 e. The van der Waals surface area contributed by atoms with E-state index in [9.17, 15) is 24.3 Å². The number of nitrogens with zero attached hydrogens (tertiary/aromatic N) is 2. The topological polar surface area (TPSA) is 156 Å². The van der Waals surface area contributed by atoms with Crippen LogP contribution >= 0.6 is 11.6 Å². The second-order valence-corrected chi connectivity index (χ2v) is 13.4. The summed E-state index contributed by atoms with van der Waals surface area (Å²) in [6.45, 7) is 8.29. The summed E-state index contributed by atoms with van der Waals surface area (Å²) in [4.78, 5) is 54.7. The number of benzene rings is 1. The molecule has 264 valence electrons. The zero-order valence-corrected chi connectivity index (χ0v) is 29.6. The van der Waals surface area contributed by atoms with E-state index in [0.717, 1.165) is 11.1 Å². The van der Waals surface area contributed by atoms with Crippen molar-refractivity contribution in [3.8, 4) is 5.75 Å². The Morgan fingerprint density at radius 3 is 2.56 bits per heavy atom. The van der Waals surface area contributed by atoms with Crippen LogP contribution in [0.3, 0.4) is 0 Å². The molecule has 0 unspecified atom stereocenters. The van der Waals surface area contributed by atoms with Crippen molar-refractivity contribution in [1.29, 1.82) is 0 Å². The predicted molar refractivity (Wildman–Crippen MR) is 177 cm³/mol. The molecule has 4 bridgehead atoms. The number of fused-ring (bicyclic) bond motifs is 5. The predicted octanol–water partition coefficient (Wildman–Crippen LogP) is 3.53. The van der Waals surface area contributed by atoms with Crippen LogP contribution in [0.25, 0.3) is 0 Å². The zero-order valence-electron chi connectivity index (χ0n) is 28.9. The van der Waals surface area contributed by atoms with Gasteiger partial charge in [-0.2, -0.15) is 0 Å². The van der Waals surface area contributed by atoms with Crippen LogP contribution in [0.1, 0.15) is 53.0 Å². The number of amides is 3. The number of allylic oxidation sites excluding steroid dienone is 3. The van der Waals surface area contributed by atoms with Crippen molar-refractivity contribution in [2.75, 3.05) is 33.2 Å². The maximum Gasteiger partial charge on any atom is 0.409 e. The van der Waals surface area contributed by atoms with Crippen LogP contribution in [-0.2, 0) is 39.8 Å². The molecule has 3 heterocycles. The van der Waals surface area contributed by atoms with Gasteiger partial charge in [-0.15, -0.1) is 0 Å². The van der Waals surface area contributed by atoms with Gasteiger partial charge in [0.05, 0.1) is 25.3 Å². The van der Waals surface area contributed by atoms with Gasteiger partial charge in [0.1, 0.15) is 40.7 Å². The van der Waals surface area contributed by atoms with Gasteiger partial charge in [0.25, 0.3) is 0 Å². The third kappa shape index (κ3) is 7.64. The van der Waals surface area contributed by atoms with Gasteiger partial charge < -0.3 is 38.6 Å². The lowest BCUT2D eigenvalue weighted by molar-refractivity contribution is -0.161. The van der Waals surface area contributed by atoms with Crippen molar-refractivity contribution >= 4 is 41.2 Å². The Morgan fingerprint density at radius 2 is 1.94 bits per heavy atom. The van der Waals surface area contributed by atoms with Gasteiger partial charge in [0.15, 0.2) is 5.72 Å². The summed E-state index contributed by atoms with van der Waals surface area (Å²) in [5.41, 5.74) is -0.871. The Hall–Kier alpha value is -3.65. The van der Waals surface area contributed by atoms with E-state index < -0.39 is 65.7 Å². The molecule has 0 aromatic heterocycles. The number of rotatable bonds is 5. The molecule has 0 spiro atoms. The fourth-order valence-corrected chi connectivity index (χ4v) is 6.59. The van der Waals surface area contributed by atoms with Crippen LogP contribution in [-0.4, -0.2) is 104 Å². The van der Waals surface area contributed by atoms with E-state index in [-0.39, 0.29) is 23.8 Å². The summed E-state index contributed by atoms with van der Waals surface area (Å²) in [7, 11) is 5.97. The van der Waals surface area contributed by atoms with Crippen LogP contribution in [0.2, 0.25) is 5.02 Å². The second kappa shape index (κ2) is 14.5. The Balaban J connectivity index is 1.80. The van der Waals surface area contributed by atoms with Crippen LogP contribution in [0.5, 0.6) is 5.75 Å². The first-order valence-electron chi connectivity index (χ1n) is 15.8. The number of hydrogen-bond donors (Lipinski definition) is 2. The molecule has 3 aliphatic rings. The molecule has 2 saturated heterocycles. The first-order chi connectivity index (χ1) is 22.4. The van der Waals surface area contributed by atoms with Gasteiger partial charge in [0.2, 0.25) is 11.8 Å². The number of anilines is 1. The molecular formula is C34H46ClN3O10. The highest BCUT2D eigenvalue weighted by molar-refractivity contribution is 6.35. The maximum absolute atomic E-state index is 14.0. The number of epoxide rings is 1. The van der Waals surface area contributed by atoms with Gasteiger partial charge in [0, 0.05) is 40.5 Å². The molecule has 3 amide bonds. The first-order valence-corrected chi connectivity index (χ1v) is 16.2. The number of nitrogens with one attached hydrogen (secondary N) is 1. The molecule has 0 radical (unpaired) electrons. The Bertz CT molecular complexity index is 1500. The highest BCUT2D eigenvalue weighted by Crippen LogP contribution is 2.49. The second-order valence-electron chi connectivity index (χ2n) is 13.0. The molecule has 13 nitrogen and oxygen atoms in total. The minimum atomic E-state index is -1.81. The molecular weight excluding hydrogens is 646 g/mol. The van der Waals surface area contributed by atoms with Gasteiger partial charge in [-0.25, -0.2) is 9.59 Å². The average Bonchev–Trinajstić information content (AvgIpc) is 3.73. The number of halogens is 1. The fraction of sp³-hybridized carbons (Fsp3) is 0.588. The number of likely N-dealkylation sites (N-methyl/N-ethyl adjacent to an activating group) is 1. The largest absolute Gasteiger partial charge is 0.495 e. The van der Waals surface area contributed by atoms with Crippen LogP contribution in [0.15, 0.2) is 35.9 Å². The minimum absolute atomic E-state index is 0.0436. The Labute approximate surface area is 286 Å². The van der Waals surface area contributed by atoms with Crippen molar-refractivity contribution in [3.05, 3.63) is 46.5 Å². The number of ether oxygens (including phenoxy) is 5. The summed E-state index contributed by atoms with van der Waals surface area (Å²) in [6, 6.07) is 2.63.